The van der Waals surface area contributed by atoms with Crippen LogP contribution in [0, 0.1) is 6.92 Å². The lowest BCUT2D eigenvalue weighted by molar-refractivity contribution is 0.0949. The first kappa shape index (κ1) is 10.8. The molecule has 1 amide bonds. The van der Waals surface area contributed by atoms with E-state index < -0.39 is 0 Å². The summed E-state index contributed by atoms with van der Waals surface area (Å²) in [7, 11) is 1.86. The van der Waals surface area contributed by atoms with E-state index in [4.69, 9.17) is 4.42 Å². The molecule has 0 aliphatic rings. The van der Waals surface area contributed by atoms with Crippen LogP contribution in [0.25, 0.3) is 0 Å². The zero-order valence-electron chi connectivity index (χ0n) is 8.76. The van der Waals surface area contributed by atoms with Gasteiger partial charge in [0.25, 0.3) is 5.91 Å². The second-order valence-corrected chi connectivity index (χ2v) is 3.29. The summed E-state index contributed by atoms with van der Waals surface area (Å²) in [6.07, 6.45) is 1.52. The minimum atomic E-state index is -0.0849. The number of carbonyl (C=O) groups is 1. The molecule has 2 N–H and O–H groups in total. The first-order valence-electron chi connectivity index (χ1n) is 4.64. The topological polar surface area (TPSA) is 54.3 Å². The fourth-order valence-corrected chi connectivity index (χ4v) is 1.06. The number of rotatable bonds is 4. The van der Waals surface area contributed by atoms with Gasteiger partial charge in [-0.15, -0.1) is 0 Å². The van der Waals surface area contributed by atoms with Gasteiger partial charge in [-0.05, 0) is 27.0 Å². The SMILES string of the molecule is CNC(C)CNC(=O)c1ccoc1C. The van der Waals surface area contributed by atoms with E-state index in [0.717, 1.165) is 0 Å². The maximum atomic E-state index is 11.5. The van der Waals surface area contributed by atoms with Crippen molar-refractivity contribution in [2.24, 2.45) is 0 Å². The molecule has 0 fully saturated rings. The second kappa shape index (κ2) is 4.81. The maximum Gasteiger partial charge on any atom is 0.254 e. The number of carbonyl (C=O) groups excluding carboxylic acids is 1. The fraction of sp³-hybridized carbons (Fsp3) is 0.500. The molecule has 4 heteroatoms. The molecule has 0 radical (unpaired) electrons. The highest BCUT2D eigenvalue weighted by molar-refractivity contribution is 5.95. The Hall–Kier alpha value is -1.29. The Balaban J connectivity index is 2.47. The molecule has 4 nitrogen and oxygen atoms in total. The minimum Gasteiger partial charge on any atom is -0.469 e. The average Bonchev–Trinajstić information content (AvgIpc) is 2.60. The number of hydrogen-bond acceptors (Lipinski definition) is 3. The van der Waals surface area contributed by atoms with Gasteiger partial charge in [0, 0.05) is 12.6 Å². The molecule has 1 atom stereocenters. The molecule has 0 aliphatic heterocycles. The number of likely N-dealkylation sites (N-methyl/N-ethyl adjacent to an activating group) is 1. The van der Waals surface area contributed by atoms with Gasteiger partial charge in [0.15, 0.2) is 0 Å². The molecule has 0 bridgehead atoms. The van der Waals surface area contributed by atoms with E-state index in [-0.39, 0.29) is 11.9 Å². The first-order valence-corrected chi connectivity index (χ1v) is 4.64. The lowest BCUT2D eigenvalue weighted by atomic mass is 10.2. The van der Waals surface area contributed by atoms with E-state index in [1.165, 1.54) is 6.26 Å². The van der Waals surface area contributed by atoms with E-state index in [1.54, 1.807) is 13.0 Å². The Labute approximate surface area is 83.7 Å². The molecule has 1 rings (SSSR count). The van der Waals surface area contributed by atoms with Crippen LogP contribution in [-0.4, -0.2) is 25.5 Å². The highest BCUT2D eigenvalue weighted by Gasteiger charge is 2.11. The van der Waals surface area contributed by atoms with Crippen molar-refractivity contribution in [2.75, 3.05) is 13.6 Å². The molecule has 14 heavy (non-hydrogen) atoms. The molecule has 0 aliphatic carbocycles. The second-order valence-electron chi connectivity index (χ2n) is 3.29. The number of hydrogen-bond donors (Lipinski definition) is 2. The highest BCUT2D eigenvalue weighted by atomic mass is 16.3. The third kappa shape index (κ3) is 2.60. The van der Waals surface area contributed by atoms with Crippen LogP contribution in [-0.2, 0) is 0 Å². The van der Waals surface area contributed by atoms with Gasteiger partial charge in [0.1, 0.15) is 5.76 Å². The van der Waals surface area contributed by atoms with Crippen LogP contribution in [0.5, 0.6) is 0 Å². The highest BCUT2D eigenvalue weighted by Crippen LogP contribution is 2.07. The van der Waals surface area contributed by atoms with Gasteiger partial charge in [0.05, 0.1) is 11.8 Å². The van der Waals surface area contributed by atoms with Gasteiger partial charge in [-0.1, -0.05) is 0 Å². The number of amides is 1. The Morgan fingerprint density at radius 3 is 2.86 bits per heavy atom. The van der Waals surface area contributed by atoms with Crippen molar-refractivity contribution in [3.05, 3.63) is 23.7 Å². The monoisotopic (exact) mass is 196 g/mol. The minimum absolute atomic E-state index is 0.0849. The third-order valence-corrected chi connectivity index (χ3v) is 2.17. The van der Waals surface area contributed by atoms with Gasteiger partial charge in [-0.2, -0.15) is 0 Å². The molecule has 1 unspecified atom stereocenters. The Morgan fingerprint density at radius 1 is 1.64 bits per heavy atom. The first-order chi connectivity index (χ1) is 6.65. The Kier molecular flexibility index (Phi) is 3.71. The van der Waals surface area contributed by atoms with Crippen LogP contribution in [0.2, 0.25) is 0 Å². The smallest absolute Gasteiger partial charge is 0.254 e. The maximum absolute atomic E-state index is 11.5. The van der Waals surface area contributed by atoms with Crippen LogP contribution in [0.4, 0.5) is 0 Å². The van der Waals surface area contributed by atoms with E-state index in [2.05, 4.69) is 10.6 Å². The summed E-state index contributed by atoms with van der Waals surface area (Å²) in [4.78, 5) is 11.5. The Bertz CT molecular complexity index is 307. The number of aryl methyl sites for hydroxylation is 1. The summed E-state index contributed by atoms with van der Waals surface area (Å²) in [6.45, 7) is 4.39. The molecule has 0 aromatic carbocycles. The van der Waals surface area contributed by atoms with Crippen LogP contribution < -0.4 is 10.6 Å². The van der Waals surface area contributed by atoms with Crippen LogP contribution in [0.1, 0.15) is 23.0 Å². The Morgan fingerprint density at radius 2 is 2.36 bits per heavy atom. The molecule has 1 heterocycles. The summed E-state index contributed by atoms with van der Waals surface area (Å²) in [5.41, 5.74) is 0.605. The summed E-state index contributed by atoms with van der Waals surface area (Å²) >= 11 is 0. The molecule has 78 valence electrons. The molecule has 0 saturated heterocycles. The zero-order chi connectivity index (χ0) is 10.6. The van der Waals surface area contributed by atoms with Crippen molar-refractivity contribution >= 4 is 5.91 Å². The number of nitrogens with one attached hydrogen (secondary N) is 2. The summed E-state index contributed by atoms with van der Waals surface area (Å²) < 4.78 is 5.04. The molecule has 1 aromatic heterocycles. The predicted octanol–water partition coefficient (Wildman–Crippen LogP) is 0.926. The molecule has 0 spiro atoms. The summed E-state index contributed by atoms with van der Waals surface area (Å²) in [6, 6.07) is 1.94. The van der Waals surface area contributed by atoms with Gasteiger partial charge in [0.2, 0.25) is 0 Å². The number of furan rings is 1. The largest absolute Gasteiger partial charge is 0.469 e. The van der Waals surface area contributed by atoms with Crippen molar-refractivity contribution < 1.29 is 9.21 Å². The van der Waals surface area contributed by atoms with Gasteiger partial charge in [-0.3, -0.25) is 4.79 Å². The molecular weight excluding hydrogens is 180 g/mol. The lowest BCUT2D eigenvalue weighted by Gasteiger charge is -2.10. The van der Waals surface area contributed by atoms with Crippen LogP contribution in [0.15, 0.2) is 16.7 Å². The van der Waals surface area contributed by atoms with Gasteiger partial charge >= 0.3 is 0 Å². The van der Waals surface area contributed by atoms with Crippen molar-refractivity contribution in [3.63, 3.8) is 0 Å². The van der Waals surface area contributed by atoms with Gasteiger partial charge < -0.3 is 15.1 Å². The summed E-state index contributed by atoms with van der Waals surface area (Å²) in [5.74, 6) is 0.568. The standard InChI is InChI=1S/C10H16N2O2/c1-7(11-3)6-12-10(13)9-4-5-14-8(9)2/h4-5,7,11H,6H2,1-3H3,(H,12,13). The van der Waals surface area contributed by atoms with Crippen molar-refractivity contribution in [2.45, 2.75) is 19.9 Å². The van der Waals surface area contributed by atoms with Crippen molar-refractivity contribution in [3.8, 4) is 0 Å². The van der Waals surface area contributed by atoms with E-state index in [9.17, 15) is 4.79 Å². The van der Waals surface area contributed by atoms with Crippen LogP contribution in [0.3, 0.4) is 0 Å². The molecule has 0 saturated carbocycles. The van der Waals surface area contributed by atoms with E-state index in [1.807, 2.05) is 14.0 Å². The normalized spacial score (nSPS) is 12.5. The van der Waals surface area contributed by atoms with E-state index >= 15 is 0 Å². The fourth-order valence-electron chi connectivity index (χ4n) is 1.06. The molecular formula is C10H16N2O2. The van der Waals surface area contributed by atoms with Gasteiger partial charge in [-0.25, -0.2) is 0 Å². The van der Waals surface area contributed by atoms with Crippen LogP contribution >= 0.6 is 0 Å². The third-order valence-electron chi connectivity index (χ3n) is 2.17. The molecule has 1 aromatic rings. The zero-order valence-corrected chi connectivity index (χ0v) is 8.76. The quantitative estimate of drug-likeness (QED) is 0.753. The predicted molar refractivity (Wildman–Crippen MR) is 54.3 cm³/mol. The van der Waals surface area contributed by atoms with Crippen molar-refractivity contribution in [1.29, 1.82) is 0 Å². The average molecular weight is 196 g/mol. The lowest BCUT2D eigenvalue weighted by Crippen LogP contribution is -2.37. The van der Waals surface area contributed by atoms with E-state index in [0.29, 0.717) is 17.9 Å². The summed E-state index contributed by atoms with van der Waals surface area (Å²) in [5, 5.41) is 5.86. The van der Waals surface area contributed by atoms with Crippen molar-refractivity contribution in [1.82, 2.24) is 10.6 Å².